The minimum Gasteiger partial charge on any atom is -0.508 e. The van der Waals surface area contributed by atoms with Crippen LogP contribution in [0.4, 0.5) is 0 Å². The van der Waals surface area contributed by atoms with Gasteiger partial charge in [-0.3, -0.25) is 9.69 Å². The summed E-state index contributed by atoms with van der Waals surface area (Å²) < 4.78 is 11.5. The van der Waals surface area contributed by atoms with Crippen molar-refractivity contribution in [1.82, 2.24) is 10.2 Å². The molecule has 152 valence electrons. The minimum atomic E-state index is -0.243. The predicted molar refractivity (Wildman–Crippen MR) is 112 cm³/mol. The van der Waals surface area contributed by atoms with E-state index in [0.717, 1.165) is 37.1 Å². The molecule has 1 aliphatic heterocycles. The second-order valence-corrected chi connectivity index (χ2v) is 7.39. The summed E-state index contributed by atoms with van der Waals surface area (Å²) in [5.74, 6) is 1.10. The molecular formula is C23H26N2O4. The van der Waals surface area contributed by atoms with E-state index < -0.39 is 0 Å². The molecule has 1 aromatic heterocycles. The molecule has 0 bridgehead atoms. The summed E-state index contributed by atoms with van der Waals surface area (Å²) in [4.78, 5) is 15.2. The average molecular weight is 394 g/mol. The number of nitrogens with zero attached hydrogens (tertiary/aromatic N) is 1. The first-order chi connectivity index (χ1) is 14.1. The highest BCUT2D eigenvalue weighted by Gasteiger charge is 2.26. The number of phenolic OH excluding ortho intramolecular Hbond substituents is 1. The van der Waals surface area contributed by atoms with Gasteiger partial charge >= 0.3 is 0 Å². The molecule has 0 aliphatic carbocycles. The Morgan fingerprint density at radius 2 is 2.00 bits per heavy atom. The molecule has 6 heteroatoms. The van der Waals surface area contributed by atoms with Crippen LogP contribution < -0.4 is 10.1 Å². The number of fused-ring (bicyclic) bond motifs is 1. The van der Waals surface area contributed by atoms with Gasteiger partial charge in [-0.1, -0.05) is 18.6 Å². The van der Waals surface area contributed by atoms with E-state index in [1.54, 1.807) is 26.3 Å². The fraction of sp³-hybridized carbons (Fsp3) is 0.348. The number of aromatic hydroxyl groups is 1. The monoisotopic (exact) mass is 394 g/mol. The van der Waals surface area contributed by atoms with E-state index >= 15 is 0 Å². The van der Waals surface area contributed by atoms with Crippen molar-refractivity contribution < 1.29 is 19.1 Å². The number of methoxy groups -OCH3 is 1. The summed E-state index contributed by atoms with van der Waals surface area (Å²) in [5, 5.41) is 14.1. The molecule has 3 aromatic rings. The van der Waals surface area contributed by atoms with Crippen molar-refractivity contribution in [3.05, 3.63) is 47.5 Å². The van der Waals surface area contributed by atoms with Gasteiger partial charge in [0.25, 0.3) is 5.91 Å². The second kappa shape index (κ2) is 8.17. The Labute approximate surface area is 170 Å². The van der Waals surface area contributed by atoms with E-state index in [1.165, 1.54) is 6.42 Å². The van der Waals surface area contributed by atoms with Crippen LogP contribution in [0.25, 0.3) is 22.3 Å². The number of ether oxygens (including phenoxy) is 1. The highest BCUT2D eigenvalue weighted by molar-refractivity contribution is 6.12. The third kappa shape index (κ3) is 3.68. The van der Waals surface area contributed by atoms with Gasteiger partial charge in [0.05, 0.1) is 12.7 Å². The molecule has 1 aliphatic rings. The summed E-state index contributed by atoms with van der Waals surface area (Å²) in [5.41, 5.74) is 2.52. The van der Waals surface area contributed by atoms with Gasteiger partial charge < -0.3 is 19.6 Å². The summed E-state index contributed by atoms with van der Waals surface area (Å²) in [6.45, 7) is 2.57. The van der Waals surface area contributed by atoms with Gasteiger partial charge in [0, 0.05) is 30.1 Å². The van der Waals surface area contributed by atoms with Gasteiger partial charge in [0.15, 0.2) is 0 Å². The number of furan rings is 1. The third-order valence-electron chi connectivity index (χ3n) is 5.56. The number of likely N-dealkylation sites (tertiary alicyclic amines) is 1. The van der Waals surface area contributed by atoms with E-state index in [4.69, 9.17) is 9.15 Å². The van der Waals surface area contributed by atoms with E-state index in [0.29, 0.717) is 34.6 Å². The number of phenols is 1. The molecule has 29 heavy (non-hydrogen) atoms. The molecule has 0 atom stereocenters. The molecule has 2 N–H and O–H groups in total. The molecule has 0 radical (unpaired) electrons. The Bertz CT molecular complexity index is 1030. The standard InChI is InChI=1S/C23H26N2O4/c1-24-23(27)21-20-17(14-25-11-4-3-5-12-25)18(26)9-10-19(20)29-22(21)15-7-6-8-16(13-15)28-2/h6-10,13,26H,3-5,11-12,14H2,1-2H3,(H,24,27). The summed E-state index contributed by atoms with van der Waals surface area (Å²) in [6.07, 6.45) is 3.54. The molecule has 1 fully saturated rings. The van der Waals surface area contributed by atoms with Crippen molar-refractivity contribution in [2.75, 3.05) is 27.2 Å². The third-order valence-corrected chi connectivity index (χ3v) is 5.56. The number of carbonyl (C=O) groups excluding carboxylic acids is 1. The lowest BCUT2D eigenvalue weighted by Crippen LogP contribution is -2.29. The second-order valence-electron chi connectivity index (χ2n) is 7.39. The van der Waals surface area contributed by atoms with E-state index in [2.05, 4.69) is 10.2 Å². The van der Waals surface area contributed by atoms with Gasteiger partial charge in [-0.15, -0.1) is 0 Å². The molecule has 0 unspecified atom stereocenters. The number of nitrogens with one attached hydrogen (secondary N) is 1. The van der Waals surface area contributed by atoms with Gasteiger partial charge in [-0.05, 0) is 50.2 Å². The zero-order valence-electron chi connectivity index (χ0n) is 16.8. The van der Waals surface area contributed by atoms with Gasteiger partial charge in [-0.2, -0.15) is 0 Å². The van der Waals surface area contributed by atoms with Crippen LogP contribution in [-0.2, 0) is 6.54 Å². The fourth-order valence-electron chi connectivity index (χ4n) is 4.06. The number of carbonyl (C=O) groups is 1. The molecule has 1 saturated heterocycles. The Morgan fingerprint density at radius 3 is 2.72 bits per heavy atom. The predicted octanol–water partition coefficient (Wildman–Crippen LogP) is 4.16. The number of rotatable bonds is 5. The van der Waals surface area contributed by atoms with Crippen molar-refractivity contribution in [2.45, 2.75) is 25.8 Å². The number of piperidine rings is 1. The van der Waals surface area contributed by atoms with Crippen LogP contribution in [0.5, 0.6) is 11.5 Å². The Morgan fingerprint density at radius 1 is 1.21 bits per heavy atom. The smallest absolute Gasteiger partial charge is 0.255 e. The maximum atomic E-state index is 12.9. The topological polar surface area (TPSA) is 74.9 Å². The molecule has 2 aromatic carbocycles. The van der Waals surface area contributed by atoms with E-state index in [1.807, 2.05) is 24.3 Å². The maximum absolute atomic E-state index is 12.9. The van der Waals surface area contributed by atoms with Gasteiger partial charge in [-0.25, -0.2) is 0 Å². The molecular weight excluding hydrogens is 368 g/mol. The molecule has 4 rings (SSSR count). The molecule has 1 amide bonds. The van der Waals surface area contributed by atoms with Crippen LogP contribution in [0.15, 0.2) is 40.8 Å². The fourth-order valence-corrected chi connectivity index (χ4v) is 4.06. The number of hydrogen-bond donors (Lipinski definition) is 2. The first-order valence-electron chi connectivity index (χ1n) is 9.98. The van der Waals surface area contributed by atoms with Gasteiger partial charge in [0.2, 0.25) is 0 Å². The zero-order chi connectivity index (χ0) is 20.4. The van der Waals surface area contributed by atoms with Crippen LogP contribution >= 0.6 is 0 Å². The van der Waals surface area contributed by atoms with Crippen molar-refractivity contribution in [3.63, 3.8) is 0 Å². The SMILES string of the molecule is CNC(=O)c1c(-c2cccc(OC)c2)oc2ccc(O)c(CN3CCCCC3)c12. The van der Waals surface area contributed by atoms with Crippen LogP contribution in [0.1, 0.15) is 35.2 Å². The van der Waals surface area contributed by atoms with Gasteiger partial charge in [0.1, 0.15) is 22.8 Å². The van der Waals surface area contributed by atoms with Crippen molar-refractivity contribution in [1.29, 1.82) is 0 Å². The summed E-state index contributed by atoms with van der Waals surface area (Å²) in [6, 6.07) is 10.8. The molecule has 0 spiro atoms. The minimum absolute atomic E-state index is 0.186. The Balaban J connectivity index is 1.91. The molecule has 0 saturated carbocycles. The van der Waals surface area contributed by atoms with Crippen molar-refractivity contribution in [2.24, 2.45) is 0 Å². The van der Waals surface area contributed by atoms with Crippen LogP contribution in [-0.4, -0.2) is 43.2 Å². The summed E-state index contributed by atoms with van der Waals surface area (Å²) in [7, 11) is 3.20. The average Bonchev–Trinajstić information content (AvgIpc) is 3.16. The van der Waals surface area contributed by atoms with Crippen LogP contribution in [0.3, 0.4) is 0 Å². The lowest BCUT2D eigenvalue weighted by atomic mass is 9.99. The van der Waals surface area contributed by atoms with Crippen LogP contribution in [0, 0.1) is 0 Å². The highest BCUT2D eigenvalue weighted by atomic mass is 16.5. The van der Waals surface area contributed by atoms with E-state index in [9.17, 15) is 9.90 Å². The number of benzene rings is 2. The highest BCUT2D eigenvalue weighted by Crippen LogP contribution is 2.40. The first-order valence-corrected chi connectivity index (χ1v) is 9.98. The lowest BCUT2D eigenvalue weighted by molar-refractivity contribution is 0.0964. The van der Waals surface area contributed by atoms with Crippen LogP contribution in [0.2, 0.25) is 0 Å². The Kier molecular flexibility index (Phi) is 5.45. The van der Waals surface area contributed by atoms with Crippen molar-refractivity contribution >= 4 is 16.9 Å². The lowest BCUT2D eigenvalue weighted by Gasteiger charge is -2.27. The number of hydrogen-bond acceptors (Lipinski definition) is 5. The normalized spacial score (nSPS) is 14.8. The summed E-state index contributed by atoms with van der Waals surface area (Å²) >= 11 is 0. The zero-order valence-corrected chi connectivity index (χ0v) is 16.8. The Hall–Kier alpha value is -2.99. The number of amides is 1. The first kappa shape index (κ1) is 19.3. The maximum Gasteiger partial charge on any atom is 0.255 e. The largest absolute Gasteiger partial charge is 0.508 e. The quantitative estimate of drug-likeness (QED) is 0.680. The molecule has 2 heterocycles. The van der Waals surface area contributed by atoms with E-state index in [-0.39, 0.29) is 11.7 Å². The molecule has 6 nitrogen and oxygen atoms in total. The van der Waals surface area contributed by atoms with Crippen molar-refractivity contribution in [3.8, 4) is 22.8 Å².